The molecule has 1 saturated heterocycles. The van der Waals surface area contributed by atoms with Gasteiger partial charge < -0.3 is 18.6 Å². The number of ether oxygens (including phenoxy) is 3. The Labute approximate surface area is 82.1 Å². The van der Waals surface area contributed by atoms with E-state index in [0.29, 0.717) is 19.0 Å². The van der Waals surface area contributed by atoms with Crippen LogP contribution in [0, 0.1) is 0 Å². The fourth-order valence-electron chi connectivity index (χ4n) is 1.29. The molecule has 76 valence electrons. The molecule has 0 aromatic carbocycles. The van der Waals surface area contributed by atoms with Crippen LogP contribution in [0.3, 0.4) is 0 Å². The molecule has 1 aromatic heterocycles. The summed E-state index contributed by atoms with van der Waals surface area (Å²) >= 11 is 0. The lowest BCUT2D eigenvalue weighted by atomic mass is 10.4. The van der Waals surface area contributed by atoms with E-state index < -0.39 is 6.29 Å². The largest absolute Gasteiger partial charge is 0.499 e. The zero-order chi connectivity index (χ0) is 9.80. The van der Waals surface area contributed by atoms with Crippen molar-refractivity contribution in [1.29, 1.82) is 0 Å². The predicted octanol–water partition coefficient (Wildman–Crippen LogP) is 1.85. The van der Waals surface area contributed by atoms with E-state index in [1.807, 2.05) is 6.07 Å². The number of furan rings is 1. The highest BCUT2D eigenvalue weighted by Gasteiger charge is 2.29. The van der Waals surface area contributed by atoms with Crippen LogP contribution < -0.4 is 0 Å². The van der Waals surface area contributed by atoms with Crippen LogP contribution in [0.25, 0.3) is 0 Å². The molecule has 4 heteroatoms. The van der Waals surface area contributed by atoms with E-state index in [1.165, 1.54) is 6.26 Å². The van der Waals surface area contributed by atoms with Crippen molar-refractivity contribution < 1.29 is 18.6 Å². The minimum absolute atomic E-state index is 0.0527. The van der Waals surface area contributed by atoms with Crippen molar-refractivity contribution in [3.63, 3.8) is 0 Å². The highest BCUT2D eigenvalue weighted by Crippen LogP contribution is 2.26. The first-order chi connectivity index (χ1) is 6.90. The Bertz CT molecular complexity index is 280. The van der Waals surface area contributed by atoms with Gasteiger partial charge in [0.25, 0.3) is 0 Å². The summed E-state index contributed by atoms with van der Waals surface area (Å²) < 4.78 is 21.1. The predicted molar refractivity (Wildman–Crippen MR) is 48.4 cm³/mol. The van der Waals surface area contributed by atoms with Gasteiger partial charge in [0.05, 0.1) is 19.1 Å². The fraction of sp³-hybridized carbons (Fsp3) is 0.400. The first-order valence-corrected chi connectivity index (χ1v) is 4.43. The Kier molecular flexibility index (Phi) is 2.86. The van der Waals surface area contributed by atoms with Gasteiger partial charge in [-0.2, -0.15) is 0 Å². The molecule has 2 rings (SSSR count). The maximum Gasteiger partial charge on any atom is 0.217 e. The zero-order valence-electron chi connectivity index (χ0n) is 7.72. The molecule has 0 amide bonds. The first kappa shape index (κ1) is 9.30. The topological polar surface area (TPSA) is 40.8 Å². The van der Waals surface area contributed by atoms with Gasteiger partial charge in [0, 0.05) is 0 Å². The van der Waals surface area contributed by atoms with Crippen LogP contribution in [0.4, 0.5) is 0 Å². The molecule has 0 bridgehead atoms. The molecular weight excluding hydrogens is 184 g/mol. The van der Waals surface area contributed by atoms with Crippen LogP contribution in [0.15, 0.2) is 35.7 Å². The van der Waals surface area contributed by atoms with E-state index >= 15 is 0 Å². The van der Waals surface area contributed by atoms with Crippen molar-refractivity contribution in [2.24, 2.45) is 0 Å². The molecule has 0 spiro atoms. The van der Waals surface area contributed by atoms with E-state index in [9.17, 15) is 0 Å². The lowest BCUT2D eigenvalue weighted by Gasteiger charge is -2.08. The van der Waals surface area contributed by atoms with Gasteiger partial charge >= 0.3 is 0 Å². The fourth-order valence-corrected chi connectivity index (χ4v) is 1.29. The van der Waals surface area contributed by atoms with Gasteiger partial charge in [-0.05, 0) is 12.1 Å². The summed E-state index contributed by atoms with van der Waals surface area (Å²) in [6.45, 7) is 4.43. The van der Waals surface area contributed by atoms with Gasteiger partial charge in [0.1, 0.15) is 12.7 Å². The third-order valence-electron chi connectivity index (χ3n) is 1.92. The number of hydrogen-bond donors (Lipinski definition) is 0. The number of rotatable bonds is 4. The van der Waals surface area contributed by atoms with Crippen LogP contribution in [-0.4, -0.2) is 19.3 Å². The molecule has 4 nitrogen and oxygen atoms in total. The van der Waals surface area contributed by atoms with Crippen molar-refractivity contribution in [1.82, 2.24) is 0 Å². The molecule has 0 N–H and O–H groups in total. The van der Waals surface area contributed by atoms with E-state index in [4.69, 9.17) is 18.6 Å². The summed E-state index contributed by atoms with van der Waals surface area (Å²) in [5.41, 5.74) is 0. The average Bonchev–Trinajstić information content (AvgIpc) is 2.85. The second kappa shape index (κ2) is 4.30. The molecule has 0 aliphatic carbocycles. The van der Waals surface area contributed by atoms with Gasteiger partial charge in [0.15, 0.2) is 5.76 Å². The zero-order valence-corrected chi connectivity index (χ0v) is 7.72. The standard InChI is InChI=1S/C10H12O4/c1-2-11-6-8-7-13-10(14-8)9-4-3-5-12-9/h2-5,8,10H,1,6-7H2/t8-,10+/m0/s1. The summed E-state index contributed by atoms with van der Waals surface area (Å²) in [4.78, 5) is 0. The van der Waals surface area contributed by atoms with E-state index in [2.05, 4.69) is 6.58 Å². The van der Waals surface area contributed by atoms with Gasteiger partial charge in [-0.25, -0.2) is 0 Å². The molecule has 1 aliphatic heterocycles. The highest BCUT2D eigenvalue weighted by molar-refractivity contribution is 5.00. The van der Waals surface area contributed by atoms with Gasteiger partial charge in [-0.15, -0.1) is 0 Å². The van der Waals surface area contributed by atoms with Gasteiger partial charge in [0.2, 0.25) is 6.29 Å². The summed E-state index contributed by atoms with van der Waals surface area (Å²) in [6.07, 6.45) is 2.53. The van der Waals surface area contributed by atoms with Crippen LogP contribution in [-0.2, 0) is 14.2 Å². The van der Waals surface area contributed by atoms with Crippen LogP contribution >= 0.6 is 0 Å². The second-order valence-electron chi connectivity index (χ2n) is 2.94. The van der Waals surface area contributed by atoms with Crippen molar-refractivity contribution in [2.45, 2.75) is 12.4 Å². The molecule has 0 unspecified atom stereocenters. The maximum absolute atomic E-state index is 5.52. The Morgan fingerprint density at radius 1 is 1.64 bits per heavy atom. The molecule has 0 saturated carbocycles. The Morgan fingerprint density at radius 3 is 3.29 bits per heavy atom. The minimum atomic E-state index is -0.400. The smallest absolute Gasteiger partial charge is 0.217 e. The van der Waals surface area contributed by atoms with Gasteiger partial charge in [-0.3, -0.25) is 0 Å². The summed E-state index contributed by atoms with van der Waals surface area (Å²) in [5.74, 6) is 0.686. The summed E-state index contributed by atoms with van der Waals surface area (Å²) in [5, 5.41) is 0. The van der Waals surface area contributed by atoms with Crippen molar-refractivity contribution >= 4 is 0 Å². The quantitative estimate of drug-likeness (QED) is 0.689. The van der Waals surface area contributed by atoms with E-state index in [-0.39, 0.29) is 6.10 Å². The van der Waals surface area contributed by atoms with Crippen molar-refractivity contribution in [2.75, 3.05) is 13.2 Å². The Balaban J connectivity index is 1.85. The SMILES string of the molecule is C=COC[C@H]1CO[C@@H](c2ccco2)O1. The minimum Gasteiger partial charge on any atom is -0.499 e. The summed E-state index contributed by atoms with van der Waals surface area (Å²) in [7, 11) is 0. The first-order valence-electron chi connectivity index (χ1n) is 4.43. The van der Waals surface area contributed by atoms with Crippen LogP contribution in [0.5, 0.6) is 0 Å². The molecule has 2 heterocycles. The lowest BCUT2D eigenvalue weighted by Crippen LogP contribution is -2.16. The average molecular weight is 196 g/mol. The van der Waals surface area contributed by atoms with Crippen molar-refractivity contribution in [3.05, 3.63) is 37.0 Å². The molecule has 2 atom stereocenters. The van der Waals surface area contributed by atoms with Crippen LogP contribution in [0.1, 0.15) is 12.1 Å². The molecule has 1 aliphatic rings. The molecular formula is C10H12O4. The third kappa shape index (κ3) is 1.97. The third-order valence-corrected chi connectivity index (χ3v) is 1.92. The van der Waals surface area contributed by atoms with Crippen molar-refractivity contribution in [3.8, 4) is 0 Å². The highest BCUT2D eigenvalue weighted by atomic mass is 16.7. The number of hydrogen-bond acceptors (Lipinski definition) is 4. The molecule has 0 radical (unpaired) electrons. The molecule has 1 aromatic rings. The Hall–Kier alpha value is -1.26. The molecule has 14 heavy (non-hydrogen) atoms. The summed E-state index contributed by atoms with van der Waals surface area (Å²) in [6, 6.07) is 3.62. The molecule has 1 fully saturated rings. The van der Waals surface area contributed by atoms with Gasteiger partial charge in [-0.1, -0.05) is 6.58 Å². The normalized spacial score (nSPS) is 26.3. The van der Waals surface area contributed by atoms with E-state index in [0.717, 1.165) is 0 Å². The Morgan fingerprint density at radius 2 is 2.57 bits per heavy atom. The maximum atomic E-state index is 5.52. The lowest BCUT2D eigenvalue weighted by molar-refractivity contribution is -0.0809. The van der Waals surface area contributed by atoms with Crippen LogP contribution in [0.2, 0.25) is 0 Å². The second-order valence-corrected chi connectivity index (χ2v) is 2.94. The van der Waals surface area contributed by atoms with E-state index in [1.54, 1.807) is 12.3 Å². The monoisotopic (exact) mass is 196 g/mol.